The number of anilines is 1. The standard InChI is InChI=1S/C10H11N3S/c1-2-10-12-7(6-9(11)13-10)8-4-3-5-14-8/h3-6H,2H2,1H3,(H2,11,12,13). The Morgan fingerprint density at radius 3 is 2.93 bits per heavy atom. The van der Waals surface area contributed by atoms with Crippen molar-refractivity contribution >= 4 is 17.2 Å². The number of hydrogen-bond acceptors (Lipinski definition) is 4. The minimum Gasteiger partial charge on any atom is -0.384 e. The highest BCUT2D eigenvalue weighted by atomic mass is 32.1. The van der Waals surface area contributed by atoms with Crippen LogP contribution in [0.3, 0.4) is 0 Å². The third kappa shape index (κ3) is 1.75. The predicted octanol–water partition coefficient (Wildman–Crippen LogP) is 2.35. The van der Waals surface area contributed by atoms with Gasteiger partial charge in [0, 0.05) is 12.5 Å². The van der Waals surface area contributed by atoms with E-state index in [1.54, 1.807) is 11.3 Å². The van der Waals surface area contributed by atoms with E-state index in [1.165, 1.54) is 0 Å². The molecule has 2 aromatic heterocycles. The third-order valence-corrected chi connectivity index (χ3v) is 2.77. The van der Waals surface area contributed by atoms with E-state index in [9.17, 15) is 0 Å². The van der Waals surface area contributed by atoms with Crippen LogP contribution >= 0.6 is 11.3 Å². The molecule has 0 unspecified atom stereocenters. The van der Waals surface area contributed by atoms with Crippen molar-refractivity contribution in [1.82, 2.24) is 9.97 Å². The largest absolute Gasteiger partial charge is 0.384 e. The Labute approximate surface area is 86.6 Å². The summed E-state index contributed by atoms with van der Waals surface area (Å²) in [5, 5.41) is 2.03. The number of nitrogens with zero attached hydrogens (tertiary/aromatic N) is 2. The molecule has 72 valence electrons. The fourth-order valence-corrected chi connectivity index (χ4v) is 1.91. The maximum atomic E-state index is 5.69. The lowest BCUT2D eigenvalue weighted by atomic mass is 10.3. The molecule has 2 N–H and O–H groups in total. The highest BCUT2D eigenvalue weighted by Gasteiger charge is 2.04. The van der Waals surface area contributed by atoms with Gasteiger partial charge in [0.05, 0.1) is 10.6 Å². The van der Waals surface area contributed by atoms with Crippen molar-refractivity contribution < 1.29 is 0 Å². The van der Waals surface area contributed by atoms with Gasteiger partial charge in [0.15, 0.2) is 0 Å². The van der Waals surface area contributed by atoms with E-state index >= 15 is 0 Å². The Hall–Kier alpha value is -1.42. The summed E-state index contributed by atoms with van der Waals surface area (Å²) >= 11 is 1.66. The Morgan fingerprint density at radius 1 is 1.43 bits per heavy atom. The Morgan fingerprint density at radius 2 is 2.29 bits per heavy atom. The highest BCUT2D eigenvalue weighted by Crippen LogP contribution is 2.23. The van der Waals surface area contributed by atoms with Crippen LogP contribution in [0.25, 0.3) is 10.6 Å². The van der Waals surface area contributed by atoms with Crippen LogP contribution in [0.15, 0.2) is 23.6 Å². The van der Waals surface area contributed by atoms with Gasteiger partial charge in [-0.2, -0.15) is 0 Å². The number of nitrogens with two attached hydrogens (primary N) is 1. The number of hydrogen-bond donors (Lipinski definition) is 1. The monoisotopic (exact) mass is 205 g/mol. The zero-order chi connectivity index (χ0) is 9.97. The quantitative estimate of drug-likeness (QED) is 0.818. The molecule has 0 aliphatic heterocycles. The number of thiophene rings is 1. The number of aryl methyl sites for hydroxylation is 1. The van der Waals surface area contributed by atoms with Gasteiger partial charge in [-0.1, -0.05) is 13.0 Å². The number of aromatic nitrogens is 2. The summed E-state index contributed by atoms with van der Waals surface area (Å²) in [4.78, 5) is 9.68. The molecular formula is C10H11N3S. The van der Waals surface area contributed by atoms with Crippen molar-refractivity contribution in [1.29, 1.82) is 0 Å². The molecule has 0 aliphatic carbocycles. The minimum atomic E-state index is 0.542. The molecule has 14 heavy (non-hydrogen) atoms. The summed E-state index contributed by atoms with van der Waals surface area (Å²) < 4.78 is 0. The van der Waals surface area contributed by atoms with Gasteiger partial charge < -0.3 is 5.73 Å². The van der Waals surface area contributed by atoms with Gasteiger partial charge in [0.25, 0.3) is 0 Å². The normalized spacial score (nSPS) is 10.4. The Bertz CT molecular complexity index is 423. The molecule has 0 aliphatic rings. The smallest absolute Gasteiger partial charge is 0.131 e. The van der Waals surface area contributed by atoms with E-state index in [-0.39, 0.29) is 0 Å². The first kappa shape index (κ1) is 9.15. The lowest BCUT2D eigenvalue weighted by Crippen LogP contribution is -1.99. The summed E-state index contributed by atoms with van der Waals surface area (Å²) in [7, 11) is 0. The van der Waals surface area contributed by atoms with Crippen LogP contribution in [0.5, 0.6) is 0 Å². The first-order valence-corrected chi connectivity index (χ1v) is 5.35. The van der Waals surface area contributed by atoms with Crippen molar-refractivity contribution in [3.05, 3.63) is 29.4 Å². The zero-order valence-corrected chi connectivity index (χ0v) is 8.71. The average Bonchev–Trinajstić information content (AvgIpc) is 2.69. The van der Waals surface area contributed by atoms with E-state index in [2.05, 4.69) is 9.97 Å². The lowest BCUT2D eigenvalue weighted by Gasteiger charge is -2.01. The Kier molecular flexibility index (Phi) is 2.45. The van der Waals surface area contributed by atoms with Gasteiger partial charge >= 0.3 is 0 Å². The SMILES string of the molecule is CCc1nc(N)cc(-c2cccs2)n1. The second kappa shape index (κ2) is 3.75. The molecule has 0 amide bonds. The van der Waals surface area contributed by atoms with Gasteiger partial charge in [-0.3, -0.25) is 0 Å². The van der Waals surface area contributed by atoms with Gasteiger partial charge in [-0.15, -0.1) is 11.3 Å². The van der Waals surface area contributed by atoms with Crippen molar-refractivity contribution in [2.24, 2.45) is 0 Å². The average molecular weight is 205 g/mol. The molecule has 0 atom stereocenters. The molecule has 2 heterocycles. The molecule has 2 aromatic rings. The second-order valence-corrected chi connectivity index (χ2v) is 3.87. The van der Waals surface area contributed by atoms with Crippen molar-refractivity contribution in [3.8, 4) is 10.6 Å². The highest BCUT2D eigenvalue weighted by molar-refractivity contribution is 7.13. The summed E-state index contributed by atoms with van der Waals surface area (Å²) in [5.41, 5.74) is 6.62. The van der Waals surface area contributed by atoms with E-state index in [4.69, 9.17) is 5.73 Å². The van der Waals surface area contributed by atoms with Crippen LogP contribution in [0.2, 0.25) is 0 Å². The van der Waals surface area contributed by atoms with Crippen molar-refractivity contribution in [2.45, 2.75) is 13.3 Å². The van der Waals surface area contributed by atoms with Gasteiger partial charge in [0.2, 0.25) is 0 Å². The third-order valence-electron chi connectivity index (χ3n) is 1.88. The Balaban J connectivity index is 2.48. The number of rotatable bonds is 2. The molecule has 0 bridgehead atoms. The zero-order valence-electron chi connectivity index (χ0n) is 7.90. The van der Waals surface area contributed by atoms with Gasteiger partial charge in [0.1, 0.15) is 11.6 Å². The van der Waals surface area contributed by atoms with Gasteiger partial charge in [-0.25, -0.2) is 9.97 Å². The van der Waals surface area contributed by atoms with E-state index in [0.717, 1.165) is 22.8 Å². The van der Waals surface area contributed by atoms with Crippen LogP contribution in [0.1, 0.15) is 12.7 Å². The van der Waals surface area contributed by atoms with E-state index < -0.39 is 0 Å². The maximum absolute atomic E-state index is 5.69. The molecule has 2 rings (SSSR count). The summed E-state index contributed by atoms with van der Waals surface area (Å²) in [6.45, 7) is 2.02. The summed E-state index contributed by atoms with van der Waals surface area (Å²) in [5.74, 6) is 1.34. The van der Waals surface area contributed by atoms with Gasteiger partial charge in [-0.05, 0) is 11.4 Å². The molecule has 0 saturated heterocycles. The molecule has 0 spiro atoms. The maximum Gasteiger partial charge on any atom is 0.131 e. The molecule has 0 radical (unpaired) electrons. The topological polar surface area (TPSA) is 51.8 Å². The van der Waals surface area contributed by atoms with E-state index in [1.807, 2.05) is 30.5 Å². The summed E-state index contributed by atoms with van der Waals surface area (Å²) in [6, 6.07) is 5.85. The second-order valence-electron chi connectivity index (χ2n) is 2.93. The molecular weight excluding hydrogens is 194 g/mol. The summed E-state index contributed by atoms with van der Waals surface area (Å²) in [6.07, 6.45) is 0.809. The molecule has 0 fully saturated rings. The van der Waals surface area contributed by atoms with Crippen LogP contribution < -0.4 is 5.73 Å². The predicted molar refractivity (Wildman–Crippen MR) is 59.1 cm³/mol. The first-order valence-electron chi connectivity index (χ1n) is 4.47. The molecule has 0 saturated carbocycles. The van der Waals surface area contributed by atoms with E-state index in [0.29, 0.717) is 5.82 Å². The van der Waals surface area contributed by atoms with Crippen molar-refractivity contribution in [2.75, 3.05) is 5.73 Å². The number of nitrogen functional groups attached to an aromatic ring is 1. The van der Waals surface area contributed by atoms with Crippen LogP contribution in [0.4, 0.5) is 5.82 Å². The van der Waals surface area contributed by atoms with Crippen molar-refractivity contribution in [3.63, 3.8) is 0 Å². The lowest BCUT2D eigenvalue weighted by molar-refractivity contribution is 0.950. The minimum absolute atomic E-state index is 0.542. The van der Waals surface area contributed by atoms with Crippen LogP contribution in [-0.4, -0.2) is 9.97 Å². The first-order chi connectivity index (χ1) is 6.79. The molecule has 4 heteroatoms. The van der Waals surface area contributed by atoms with Crippen LogP contribution in [0, 0.1) is 0 Å². The van der Waals surface area contributed by atoms with Crippen LogP contribution in [-0.2, 0) is 6.42 Å². The fourth-order valence-electron chi connectivity index (χ4n) is 1.23. The molecule has 0 aromatic carbocycles. The fraction of sp³-hybridized carbons (Fsp3) is 0.200. The molecule has 3 nitrogen and oxygen atoms in total.